The molecule has 3 rings (SSSR count). The molecule has 7 heteroatoms. The van der Waals surface area contributed by atoms with E-state index in [1.165, 1.54) is 31.2 Å². The summed E-state index contributed by atoms with van der Waals surface area (Å²) >= 11 is 6.05. The Morgan fingerprint density at radius 2 is 1.85 bits per heavy atom. The van der Waals surface area contributed by atoms with E-state index in [4.69, 9.17) is 22.1 Å². The Morgan fingerprint density at radius 1 is 1.19 bits per heavy atom. The van der Waals surface area contributed by atoms with Crippen LogP contribution >= 0.6 is 35.6 Å². The maximum Gasteiger partial charge on any atom is 0.188 e. The minimum atomic E-state index is 0. The number of nitrogens with zero attached hydrogens (tertiary/aromatic N) is 2. The number of morpholine rings is 1. The Labute approximate surface area is 185 Å². The number of halogens is 2. The van der Waals surface area contributed by atoms with Gasteiger partial charge in [0.05, 0.1) is 19.8 Å². The molecule has 152 valence electrons. The first-order valence-corrected chi connectivity index (χ1v) is 10.2. The van der Waals surface area contributed by atoms with E-state index in [1.54, 1.807) is 0 Å². The van der Waals surface area contributed by atoms with Gasteiger partial charge in [-0.15, -0.1) is 24.0 Å². The van der Waals surface area contributed by atoms with Crippen LogP contribution in [0.5, 0.6) is 0 Å². The van der Waals surface area contributed by atoms with Gasteiger partial charge in [0.25, 0.3) is 0 Å². The smallest absolute Gasteiger partial charge is 0.188 e. The largest absolute Gasteiger partial charge is 0.379 e. The van der Waals surface area contributed by atoms with Crippen LogP contribution in [0, 0.1) is 0 Å². The number of nitrogens with one attached hydrogen (secondary N) is 1. The minimum absolute atomic E-state index is 0. The van der Waals surface area contributed by atoms with Crippen molar-refractivity contribution < 1.29 is 4.74 Å². The minimum Gasteiger partial charge on any atom is -0.379 e. The number of nitrogens with two attached hydrogens (primary N) is 1. The van der Waals surface area contributed by atoms with Crippen molar-refractivity contribution in [3.8, 4) is 0 Å². The predicted octanol–water partition coefficient (Wildman–Crippen LogP) is 3.40. The first kappa shape index (κ1) is 22.7. The van der Waals surface area contributed by atoms with Gasteiger partial charge in [0.1, 0.15) is 0 Å². The zero-order chi connectivity index (χ0) is 18.2. The third kappa shape index (κ3) is 6.76. The molecule has 0 bridgehead atoms. The van der Waals surface area contributed by atoms with Crippen LogP contribution in [-0.2, 0) is 10.2 Å². The van der Waals surface area contributed by atoms with Gasteiger partial charge in [0, 0.05) is 30.1 Å². The van der Waals surface area contributed by atoms with Gasteiger partial charge in [-0.1, -0.05) is 36.6 Å². The van der Waals surface area contributed by atoms with E-state index in [1.807, 2.05) is 12.1 Å². The fourth-order valence-electron chi connectivity index (χ4n) is 4.03. The Bertz CT molecular complexity index is 584. The van der Waals surface area contributed by atoms with Crippen LogP contribution in [0.3, 0.4) is 0 Å². The summed E-state index contributed by atoms with van der Waals surface area (Å²) in [7, 11) is 0. The fraction of sp³-hybridized carbons (Fsp3) is 0.650. The molecular formula is C20H32ClIN4O. The maximum atomic E-state index is 6.12. The van der Waals surface area contributed by atoms with Gasteiger partial charge in [0.15, 0.2) is 5.96 Å². The maximum absolute atomic E-state index is 6.12. The van der Waals surface area contributed by atoms with Crippen LogP contribution in [0.1, 0.15) is 37.7 Å². The standard InChI is InChI=1S/C20H31ClN4O.HI/c21-18-6-4-17(5-7-18)20(8-1-2-9-20)16-24-19(22)23-10-3-11-25-12-14-26-15-13-25;/h4-7H,1-3,8-16H2,(H3,22,23,24);1H. The van der Waals surface area contributed by atoms with Gasteiger partial charge in [0.2, 0.25) is 0 Å². The molecule has 0 radical (unpaired) electrons. The van der Waals surface area contributed by atoms with E-state index in [9.17, 15) is 0 Å². The highest BCUT2D eigenvalue weighted by atomic mass is 127. The second-order valence-corrected chi connectivity index (χ2v) is 7.87. The van der Waals surface area contributed by atoms with Crippen LogP contribution in [0.15, 0.2) is 29.3 Å². The van der Waals surface area contributed by atoms with Crippen LogP contribution in [0.25, 0.3) is 0 Å². The van der Waals surface area contributed by atoms with Crippen molar-refractivity contribution in [2.75, 3.05) is 45.9 Å². The molecule has 5 nitrogen and oxygen atoms in total. The highest BCUT2D eigenvalue weighted by molar-refractivity contribution is 14.0. The van der Waals surface area contributed by atoms with Crippen molar-refractivity contribution in [1.82, 2.24) is 10.2 Å². The molecule has 0 spiro atoms. The van der Waals surface area contributed by atoms with Crippen LogP contribution in [-0.4, -0.2) is 56.8 Å². The van der Waals surface area contributed by atoms with E-state index >= 15 is 0 Å². The molecule has 3 N–H and O–H groups in total. The molecule has 1 heterocycles. The molecule has 1 aromatic rings. The van der Waals surface area contributed by atoms with Crippen molar-refractivity contribution in [3.05, 3.63) is 34.9 Å². The van der Waals surface area contributed by atoms with Crippen LogP contribution in [0.4, 0.5) is 0 Å². The molecule has 1 aliphatic heterocycles. The quantitative estimate of drug-likeness (QED) is 0.258. The van der Waals surface area contributed by atoms with E-state index < -0.39 is 0 Å². The zero-order valence-electron chi connectivity index (χ0n) is 16.0. The number of benzene rings is 1. The molecule has 0 amide bonds. The number of hydrogen-bond acceptors (Lipinski definition) is 3. The van der Waals surface area contributed by atoms with E-state index in [0.29, 0.717) is 5.96 Å². The lowest BCUT2D eigenvalue weighted by Crippen LogP contribution is -2.39. The van der Waals surface area contributed by atoms with Gasteiger partial charge in [-0.3, -0.25) is 9.89 Å². The monoisotopic (exact) mass is 506 g/mol. The molecule has 2 fully saturated rings. The van der Waals surface area contributed by atoms with Crippen molar-refractivity contribution in [1.29, 1.82) is 0 Å². The molecule has 0 atom stereocenters. The van der Waals surface area contributed by atoms with Gasteiger partial charge in [-0.05, 0) is 43.5 Å². The number of rotatable bonds is 7. The lowest BCUT2D eigenvalue weighted by molar-refractivity contribution is 0.0376. The van der Waals surface area contributed by atoms with E-state index in [-0.39, 0.29) is 29.4 Å². The molecule has 0 aromatic heterocycles. The number of aliphatic imine (C=N–C) groups is 1. The highest BCUT2D eigenvalue weighted by Crippen LogP contribution is 2.41. The topological polar surface area (TPSA) is 62.9 Å². The molecule has 1 aromatic carbocycles. The average Bonchev–Trinajstić information content (AvgIpc) is 3.15. The third-order valence-electron chi connectivity index (χ3n) is 5.63. The lowest BCUT2D eigenvalue weighted by Gasteiger charge is -2.28. The molecule has 2 aliphatic rings. The predicted molar refractivity (Wildman–Crippen MR) is 123 cm³/mol. The van der Waals surface area contributed by atoms with Crippen molar-refractivity contribution >= 4 is 41.5 Å². The first-order valence-electron chi connectivity index (χ1n) is 9.78. The molecule has 0 unspecified atom stereocenters. The molecule has 1 aliphatic carbocycles. The second kappa shape index (κ2) is 11.4. The summed E-state index contributed by atoms with van der Waals surface area (Å²) in [5, 5.41) is 4.06. The second-order valence-electron chi connectivity index (χ2n) is 7.43. The average molecular weight is 507 g/mol. The summed E-state index contributed by atoms with van der Waals surface area (Å²) in [5.41, 5.74) is 7.57. The lowest BCUT2D eigenvalue weighted by atomic mass is 9.79. The molecule has 27 heavy (non-hydrogen) atoms. The van der Waals surface area contributed by atoms with Gasteiger partial charge in [-0.25, -0.2) is 0 Å². The molecular weight excluding hydrogens is 475 g/mol. The van der Waals surface area contributed by atoms with E-state index in [2.05, 4.69) is 27.3 Å². The summed E-state index contributed by atoms with van der Waals surface area (Å²) in [6.45, 7) is 6.46. The first-order chi connectivity index (χ1) is 12.7. The van der Waals surface area contributed by atoms with Crippen LogP contribution in [0.2, 0.25) is 5.02 Å². The highest BCUT2D eigenvalue weighted by Gasteiger charge is 2.35. The van der Waals surface area contributed by atoms with Gasteiger partial charge >= 0.3 is 0 Å². The summed E-state index contributed by atoms with van der Waals surface area (Å²) in [6, 6.07) is 8.26. The molecule has 1 saturated heterocycles. The normalized spacial score (nSPS) is 20.3. The Hall–Kier alpha value is -0.570. The van der Waals surface area contributed by atoms with Gasteiger partial charge < -0.3 is 15.8 Å². The zero-order valence-corrected chi connectivity index (χ0v) is 19.0. The van der Waals surface area contributed by atoms with Crippen molar-refractivity contribution in [2.24, 2.45) is 10.7 Å². The Balaban J connectivity index is 0.00000261. The Kier molecular flexibility index (Phi) is 9.62. The summed E-state index contributed by atoms with van der Waals surface area (Å²) in [4.78, 5) is 7.12. The number of ether oxygens (including phenoxy) is 1. The van der Waals surface area contributed by atoms with Gasteiger partial charge in [-0.2, -0.15) is 0 Å². The fourth-order valence-corrected chi connectivity index (χ4v) is 4.16. The number of guanidine groups is 1. The molecule has 1 saturated carbocycles. The Morgan fingerprint density at radius 3 is 2.52 bits per heavy atom. The summed E-state index contributed by atoms with van der Waals surface area (Å²) < 4.78 is 5.37. The SMILES string of the molecule is I.NC(=NCC1(c2ccc(Cl)cc2)CCCC1)NCCCN1CCOCC1. The van der Waals surface area contributed by atoms with Crippen molar-refractivity contribution in [3.63, 3.8) is 0 Å². The van der Waals surface area contributed by atoms with Crippen LogP contribution < -0.4 is 11.1 Å². The van der Waals surface area contributed by atoms with Crippen molar-refractivity contribution in [2.45, 2.75) is 37.5 Å². The summed E-state index contributed by atoms with van der Waals surface area (Å²) in [6.07, 6.45) is 5.92. The summed E-state index contributed by atoms with van der Waals surface area (Å²) in [5.74, 6) is 0.562. The van der Waals surface area contributed by atoms with E-state index in [0.717, 1.165) is 57.4 Å². The third-order valence-corrected chi connectivity index (χ3v) is 5.88. The number of hydrogen-bond donors (Lipinski definition) is 2.